The minimum Gasteiger partial charge on any atom is -0.444 e. The summed E-state index contributed by atoms with van der Waals surface area (Å²) < 4.78 is 6.57. The Balaban J connectivity index is 1.95. The number of carbonyl (C=O) groups excluding carboxylic acids is 1. The summed E-state index contributed by atoms with van der Waals surface area (Å²) in [6.45, 7) is 9.22. The van der Waals surface area contributed by atoms with Gasteiger partial charge in [-0.25, -0.2) is 4.79 Å². The van der Waals surface area contributed by atoms with Gasteiger partial charge < -0.3 is 15.0 Å². The average molecular weight is 369 g/mol. The van der Waals surface area contributed by atoms with Gasteiger partial charge in [-0.05, 0) is 64.3 Å². The van der Waals surface area contributed by atoms with E-state index in [0.29, 0.717) is 6.54 Å². The van der Waals surface area contributed by atoms with Gasteiger partial charge in [0.05, 0.1) is 0 Å². The molecule has 0 spiro atoms. The van der Waals surface area contributed by atoms with E-state index in [9.17, 15) is 4.79 Å². The molecule has 1 aliphatic heterocycles. The number of halogens is 1. The third kappa shape index (κ3) is 4.90. The molecule has 1 aromatic rings. The Bertz CT molecular complexity index is 540. The number of piperidine rings is 1. The lowest BCUT2D eigenvalue weighted by molar-refractivity contribution is 0.0206. The second kappa shape index (κ2) is 6.90. The smallest absolute Gasteiger partial charge is 0.410 e. The summed E-state index contributed by atoms with van der Waals surface area (Å²) in [6.07, 6.45) is 1.84. The molecule has 1 amide bonds. The molecule has 22 heavy (non-hydrogen) atoms. The van der Waals surface area contributed by atoms with Gasteiger partial charge in [0.25, 0.3) is 0 Å². The Morgan fingerprint density at radius 2 is 2.14 bits per heavy atom. The molecule has 1 atom stereocenters. The maximum absolute atomic E-state index is 12.2. The number of hydrogen-bond donors (Lipinski definition) is 1. The largest absolute Gasteiger partial charge is 0.444 e. The first-order valence-electron chi connectivity index (χ1n) is 7.75. The molecule has 1 fully saturated rings. The highest BCUT2D eigenvalue weighted by Crippen LogP contribution is 2.23. The van der Waals surface area contributed by atoms with E-state index >= 15 is 0 Å². The molecule has 1 unspecified atom stereocenters. The van der Waals surface area contributed by atoms with Gasteiger partial charge in [-0.1, -0.05) is 15.9 Å². The van der Waals surface area contributed by atoms with Crippen molar-refractivity contribution in [2.24, 2.45) is 0 Å². The van der Waals surface area contributed by atoms with Gasteiger partial charge in [-0.2, -0.15) is 0 Å². The minimum atomic E-state index is -0.444. The zero-order chi connectivity index (χ0) is 16.3. The molecule has 4 nitrogen and oxygen atoms in total. The number of benzene rings is 1. The molecule has 0 aromatic heterocycles. The van der Waals surface area contributed by atoms with E-state index in [-0.39, 0.29) is 12.1 Å². The van der Waals surface area contributed by atoms with Crippen molar-refractivity contribution in [3.8, 4) is 0 Å². The van der Waals surface area contributed by atoms with Gasteiger partial charge in [0, 0.05) is 29.3 Å². The van der Waals surface area contributed by atoms with Crippen LogP contribution in [0.2, 0.25) is 0 Å². The molecule has 0 radical (unpaired) electrons. The van der Waals surface area contributed by atoms with Crippen LogP contribution in [0.15, 0.2) is 22.7 Å². The van der Waals surface area contributed by atoms with Crippen molar-refractivity contribution in [1.82, 2.24) is 4.90 Å². The quantitative estimate of drug-likeness (QED) is 0.830. The summed E-state index contributed by atoms with van der Waals surface area (Å²) in [6, 6.07) is 6.49. The number of likely N-dealkylation sites (tertiary alicyclic amines) is 1. The predicted molar refractivity (Wildman–Crippen MR) is 93.3 cm³/mol. The molecule has 1 heterocycles. The molecular formula is C17H25BrN2O2. The van der Waals surface area contributed by atoms with Crippen molar-refractivity contribution in [2.75, 3.05) is 18.4 Å². The highest BCUT2D eigenvalue weighted by atomic mass is 79.9. The summed E-state index contributed by atoms with van der Waals surface area (Å²) in [7, 11) is 0. The molecular weight excluding hydrogens is 344 g/mol. The highest BCUT2D eigenvalue weighted by molar-refractivity contribution is 9.10. The van der Waals surface area contributed by atoms with Crippen LogP contribution in [0.5, 0.6) is 0 Å². The molecule has 0 bridgehead atoms. The molecule has 0 aliphatic carbocycles. The lowest BCUT2D eigenvalue weighted by Crippen LogP contribution is -2.46. The van der Waals surface area contributed by atoms with E-state index < -0.39 is 5.60 Å². The second-order valence-electron chi connectivity index (χ2n) is 6.87. The topological polar surface area (TPSA) is 41.6 Å². The van der Waals surface area contributed by atoms with Gasteiger partial charge in [0.15, 0.2) is 0 Å². The van der Waals surface area contributed by atoms with Crippen molar-refractivity contribution in [1.29, 1.82) is 0 Å². The predicted octanol–water partition coefficient (Wildman–Crippen LogP) is 4.57. The normalized spacial score (nSPS) is 19.0. The third-order valence-electron chi connectivity index (χ3n) is 3.60. The van der Waals surface area contributed by atoms with E-state index in [2.05, 4.69) is 40.3 Å². The number of carbonyl (C=O) groups is 1. The first-order valence-corrected chi connectivity index (χ1v) is 8.54. The minimum absolute atomic E-state index is 0.217. The summed E-state index contributed by atoms with van der Waals surface area (Å²) >= 11 is 3.51. The standard InChI is InChI=1S/C17H25BrN2O2/c1-12-10-13(7-8-15(12)18)19-14-6-5-9-20(11-14)16(21)22-17(2,3)4/h7-8,10,14,19H,5-6,9,11H2,1-4H3. The van der Waals surface area contributed by atoms with E-state index in [1.54, 1.807) is 4.90 Å². The number of ether oxygens (including phenoxy) is 1. The van der Waals surface area contributed by atoms with Crippen molar-refractivity contribution >= 4 is 27.7 Å². The fourth-order valence-corrected chi connectivity index (χ4v) is 2.80. The number of nitrogens with zero attached hydrogens (tertiary/aromatic N) is 1. The molecule has 1 N–H and O–H groups in total. The summed E-state index contributed by atoms with van der Waals surface area (Å²) in [5, 5.41) is 3.53. The second-order valence-corrected chi connectivity index (χ2v) is 7.73. The van der Waals surface area contributed by atoms with Crippen molar-refractivity contribution in [3.05, 3.63) is 28.2 Å². The molecule has 2 rings (SSSR count). The van der Waals surface area contributed by atoms with Crippen molar-refractivity contribution < 1.29 is 9.53 Å². The Kier molecular flexibility index (Phi) is 5.37. The van der Waals surface area contributed by atoms with Crippen molar-refractivity contribution in [3.63, 3.8) is 0 Å². The Labute approximate surface area is 141 Å². The molecule has 1 saturated heterocycles. The van der Waals surface area contributed by atoms with E-state index in [1.807, 2.05) is 26.8 Å². The Morgan fingerprint density at radius 1 is 1.41 bits per heavy atom. The first kappa shape index (κ1) is 17.1. The van der Waals surface area contributed by atoms with Crippen LogP contribution >= 0.6 is 15.9 Å². The van der Waals surface area contributed by atoms with Crippen LogP contribution in [-0.2, 0) is 4.74 Å². The van der Waals surface area contributed by atoms with Gasteiger partial charge in [-0.3, -0.25) is 0 Å². The average Bonchev–Trinajstić information content (AvgIpc) is 2.41. The lowest BCUT2D eigenvalue weighted by Gasteiger charge is -2.34. The highest BCUT2D eigenvalue weighted by Gasteiger charge is 2.27. The SMILES string of the molecule is Cc1cc(NC2CCCN(C(=O)OC(C)(C)C)C2)ccc1Br. The monoisotopic (exact) mass is 368 g/mol. The molecule has 1 aromatic carbocycles. The number of amides is 1. The van der Waals surface area contributed by atoms with Gasteiger partial charge in [-0.15, -0.1) is 0 Å². The number of aryl methyl sites for hydroxylation is 1. The van der Waals surface area contributed by atoms with Crippen LogP contribution in [0.25, 0.3) is 0 Å². The number of anilines is 1. The summed E-state index contributed by atoms with van der Waals surface area (Å²) in [4.78, 5) is 14.0. The maximum Gasteiger partial charge on any atom is 0.410 e. The number of hydrogen-bond acceptors (Lipinski definition) is 3. The number of nitrogens with one attached hydrogen (secondary N) is 1. The van der Waals surface area contributed by atoms with Crippen LogP contribution in [0.3, 0.4) is 0 Å². The zero-order valence-electron chi connectivity index (χ0n) is 13.8. The van der Waals surface area contributed by atoms with Crippen LogP contribution in [0.4, 0.5) is 10.5 Å². The van der Waals surface area contributed by atoms with Gasteiger partial charge >= 0.3 is 6.09 Å². The maximum atomic E-state index is 12.2. The first-order chi connectivity index (χ1) is 10.2. The van der Waals surface area contributed by atoms with Crippen molar-refractivity contribution in [2.45, 2.75) is 52.2 Å². The van der Waals surface area contributed by atoms with Crippen LogP contribution in [0.1, 0.15) is 39.2 Å². The van der Waals surface area contributed by atoms with Crippen LogP contribution in [0, 0.1) is 6.92 Å². The summed E-state index contributed by atoms with van der Waals surface area (Å²) in [5.74, 6) is 0. The molecule has 1 aliphatic rings. The Morgan fingerprint density at radius 3 is 2.77 bits per heavy atom. The Hall–Kier alpha value is -1.23. The van der Waals surface area contributed by atoms with E-state index in [1.165, 1.54) is 5.56 Å². The third-order valence-corrected chi connectivity index (χ3v) is 4.49. The lowest BCUT2D eigenvalue weighted by atomic mass is 10.1. The fraction of sp³-hybridized carbons (Fsp3) is 0.588. The van der Waals surface area contributed by atoms with Crippen LogP contribution in [-0.4, -0.2) is 35.7 Å². The number of rotatable bonds is 2. The fourth-order valence-electron chi connectivity index (χ4n) is 2.56. The van der Waals surface area contributed by atoms with Gasteiger partial charge in [0.2, 0.25) is 0 Å². The van der Waals surface area contributed by atoms with E-state index in [4.69, 9.17) is 4.74 Å². The molecule has 0 saturated carbocycles. The summed E-state index contributed by atoms with van der Waals surface area (Å²) in [5.41, 5.74) is 1.85. The van der Waals surface area contributed by atoms with Crippen LogP contribution < -0.4 is 5.32 Å². The van der Waals surface area contributed by atoms with E-state index in [0.717, 1.165) is 29.5 Å². The molecule has 5 heteroatoms. The molecule has 122 valence electrons. The zero-order valence-corrected chi connectivity index (χ0v) is 15.4. The van der Waals surface area contributed by atoms with Gasteiger partial charge in [0.1, 0.15) is 5.60 Å².